The molecular formula is C21H18F2N4O2. The molecule has 0 saturated heterocycles. The fraction of sp³-hybridized carbons (Fsp3) is 0.143. The van der Waals surface area contributed by atoms with Crippen LogP contribution in [-0.4, -0.2) is 16.7 Å². The highest BCUT2D eigenvalue weighted by Crippen LogP contribution is 2.31. The zero-order valence-electron chi connectivity index (χ0n) is 15.3. The molecule has 6 nitrogen and oxygen atoms in total. The summed E-state index contributed by atoms with van der Waals surface area (Å²) < 4.78 is 33.9. The second-order valence-corrected chi connectivity index (χ2v) is 6.22. The predicted octanol–water partition coefficient (Wildman–Crippen LogP) is 4.27. The Balaban J connectivity index is 1.81. The molecule has 1 aromatic heterocycles. The van der Waals surface area contributed by atoms with Crippen LogP contribution in [0.5, 0.6) is 11.6 Å². The highest BCUT2D eigenvalue weighted by atomic mass is 19.1. The molecule has 4 N–H and O–H groups in total. The van der Waals surface area contributed by atoms with Crippen molar-refractivity contribution in [1.82, 2.24) is 4.98 Å². The molecule has 0 atom stereocenters. The summed E-state index contributed by atoms with van der Waals surface area (Å²) in [5.41, 5.74) is 7.78. The minimum atomic E-state index is -0.863. The number of nitrogens with two attached hydrogens (primary N) is 1. The number of anilines is 3. The summed E-state index contributed by atoms with van der Waals surface area (Å²) >= 11 is 0. The molecule has 0 unspecified atom stereocenters. The lowest BCUT2D eigenvalue weighted by atomic mass is 10.1. The smallest absolute Gasteiger partial charge is 0.221 e. The molecule has 148 valence electrons. The standard InChI is InChI=1S/C21H18F2N4O2/c22-16-10-14(2-1-9-28)11-17(23)20(16)29-19-8-7-18(25)21(27-19)26-15-5-3-13(12-24)4-6-15/h3-8,10-11,28H,1-2,9,25H2,(H,26,27). The summed E-state index contributed by atoms with van der Waals surface area (Å²) in [6.45, 7) is -0.0636. The lowest BCUT2D eigenvalue weighted by Gasteiger charge is -2.12. The first-order chi connectivity index (χ1) is 14.0. The number of halogens is 2. The maximum Gasteiger partial charge on any atom is 0.221 e. The van der Waals surface area contributed by atoms with Crippen LogP contribution >= 0.6 is 0 Å². The Morgan fingerprint density at radius 1 is 1.10 bits per heavy atom. The molecule has 2 aromatic carbocycles. The number of hydrogen-bond acceptors (Lipinski definition) is 6. The van der Waals surface area contributed by atoms with Crippen LogP contribution in [0.1, 0.15) is 17.5 Å². The number of rotatable bonds is 7. The van der Waals surface area contributed by atoms with Crippen LogP contribution in [0.2, 0.25) is 0 Å². The Kier molecular flexibility index (Phi) is 6.22. The average Bonchev–Trinajstić information content (AvgIpc) is 2.72. The second-order valence-electron chi connectivity index (χ2n) is 6.22. The Bertz CT molecular complexity index is 1030. The zero-order valence-corrected chi connectivity index (χ0v) is 15.3. The molecule has 29 heavy (non-hydrogen) atoms. The van der Waals surface area contributed by atoms with Gasteiger partial charge >= 0.3 is 0 Å². The minimum Gasteiger partial charge on any atom is -0.433 e. The number of aryl methyl sites for hydroxylation is 1. The normalized spacial score (nSPS) is 10.4. The third-order valence-corrected chi connectivity index (χ3v) is 4.07. The van der Waals surface area contributed by atoms with Crippen LogP contribution in [-0.2, 0) is 6.42 Å². The van der Waals surface area contributed by atoms with Gasteiger partial charge in [-0.2, -0.15) is 10.2 Å². The summed E-state index contributed by atoms with van der Waals surface area (Å²) in [6.07, 6.45) is 0.756. The molecule has 3 rings (SSSR count). The van der Waals surface area contributed by atoms with Crippen LogP contribution in [0.15, 0.2) is 48.5 Å². The number of ether oxygens (including phenoxy) is 1. The van der Waals surface area contributed by atoms with E-state index in [1.165, 1.54) is 24.3 Å². The number of benzene rings is 2. The molecule has 8 heteroatoms. The molecular weight excluding hydrogens is 378 g/mol. The van der Waals surface area contributed by atoms with Gasteiger partial charge in [-0.05, 0) is 60.9 Å². The van der Waals surface area contributed by atoms with Gasteiger partial charge in [0.25, 0.3) is 0 Å². The highest BCUT2D eigenvalue weighted by molar-refractivity contribution is 5.69. The van der Waals surface area contributed by atoms with E-state index in [2.05, 4.69) is 10.3 Å². The summed E-state index contributed by atoms with van der Waals surface area (Å²) in [7, 11) is 0. The highest BCUT2D eigenvalue weighted by Gasteiger charge is 2.15. The summed E-state index contributed by atoms with van der Waals surface area (Å²) in [4.78, 5) is 4.17. The second kappa shape index (κ2) is 8.99. The van der Waals surface area contributed by atoms with E-state index in [0.29, 0.717) is 35.3 Å². The van der Waals surface area contributed by atoms with Crippen molar-refractivity contribution in [2.45, 2.75) is 12.8 Å². The number of nitrogens with zero attached hydrogens (tertiary/aromatic N) is 2. The van der Waals surface area contributed by atoms with Crippen LogP contribution in [0.25, 0.3) is 0 Å². The van der Waals surface area contributed by atoms with E-state index in [1.807, 2.05) is 6.07 Å². The van der Waals surface area contributed by atoms with E-state index < -0.39 is 17.4 Å². The SMILES string of the molecule is N#Cc1ccc(Nc2nc(Oc3c(F)cc(CCCO)cc3F)ccc2N)cc1. The van der Waals surface area contributed by atoms with Gasteiger partial charge in [-0.3, -0.25) is 0 Å². The van der Waals surface area contributed by atoms with Crippen molar-refractivity contribution in [3.05, 3.63) is 71.3 Å². The van der Waals surface area contributed by atoms with E-state index in [1.54, 1.807) is 24.3 Å². The number of nitrogens with one attached hydrogen (secondary N) is 1. The van der Waals surface area contributed by atoms with Crippen molar-refractivity contribution in [3.63, 3.8) is 0 Å². The van der Waals surface area contributed by atoms with Gasteiger partial charge < -0.3 is 20.9 Å². The van der Waals surface area contributed by atoms with Gasteiger partial charge in [0.2, 0.25) is 11.6 Å². The number of nitrogen functional groups attached to an aromatic ring is 1. The fourth-order valence-electron chi connectivity index (χ4n) is 2.62. The van der Waals surface area contributed by atoms with E-state index in [4.69, 9.17) is 20.8 Å². The number of nitriles is 1. The first-order valence-electron chi connectivity index (χ1n) is 8.80. The Morgan fingerprint density at radius 3 is 2.41 bits per heavy atom. The van der Waals surface area contributed by atoms with Crippen molar-refractivity contribution in [1.29, 1.82) is 5.26 Å². The lowest BCUT2D eigenvalue weighted by molar-refractivity contribution is 0.288. The molecule has 0 aliphatic heterocycles. The number of aliphatic hydroxyl groups excluding tert-OH is 1. The monoisotopic (exact) mass is 396 g/mol. The van der Waals surface area contributed by atoms with Crippen molar-refractivity contribution in [2.75, 3.05) is 17.7 Å². The minimum absolute atomic E-state index is 0.0451. The van der Waals surface area contributed by atoms with Crippen molar-refractivity contribution >= 4 is 17.2 Å². The van der Waals surface area contributed by atoms with Crippen LogP contribution in [0, 0.1) is 23.0 Å². The molecule has 0 aliphatic carbocycles. The number of hydrogen-bond donors (Lipinski definition) is 3. The first-order valence-corrected chi connectivity index (χ1v) is 8.80. The molecule has 1 heterocycles. The Hall–Kier alpha value is -3.70. The van der Waals surface area contributed by atoms with Crippen LogP contribution in [0.3, 0.4) is 0 Å². The van der Waals surface area contributed by atoms with Gasteiger partial charge in [-0.25, -0.2) is 8.78 Å². The molecule has 0 bridgehead atoms. The molecule has 0 amide bonds. The quantitative estimate of drug-likeness (QED) is 0.551. The predicted molar refractivity (Wildman–Crippen MR) is 105 cm³/mol. The molecule has 3 aromatic rings. The average molecular weight is 396 g/mol. The van der Waals surface area contributed by atoms with E-state index in [-0.39, 0.29) is 18.3 Å². The lowest BCUT2D eigenvalue weighted by Crippen LogP contribution is -2.02. The summed E-state index contributed by atoms with van der Waals surface area (Å²) in [5.74, 6) is -2.10. The van der Waals surface area contributed by atoms with E-state index in [9.17, 15) is 8.78 Å². The molecule has 0 fully saturated rings. The molecule has 0 saturated carbocycles. The summed E-state index contributed by atoms with van der Waals surface area (Å²) in [5, 5.41) is 20.7. The molecule has 0 aliphatic rings. The third-order valence-electron chi connectivity index (χ3n) is 4.07. The van der Waals surface area contributed by atoms with Crippen LogP contribution < -0.4 is 15.8 Å². The van der Waals surface area contributed by atoms with Crippen molar-refractivity contribution in [3.8, 4) is 17.7 Å². The number of aliphatic hydroxyl groups is 1. The van der Waals surface area contributed by atoms with Gasteiger partial charge in [0, 0.05) is 18.4 Å². The summed E-state index contributed by atoms with van der Waals surface area (Å²) in [6, 6.07) is 13.9. The molecule has 0 spiro atoms. The van der Waals surface area contributed by atoms with Gasteiger partial charge in [0.1, 0.15) is 0 Å². The maximum absolute atomic E-state index is 14.3. The first kappa shape index (κ1) is 20.0. The maximum atomic E-state index is 14.3. The van der Waals surface area contributed by atoms with E-state index >= 15 is 0 Å². The van der Waals surface area contributed by atoms with Gasteiger partial charge in [-0.15, -0.1) is 0 Å². The largest absolute Gasteiger partial charge is 0.433 e. The van der Waals surface area contributed by atoms with Crippen LogP contribution in [0.4, 0.5) is 26.0 Å². The Labute approximate surface area is 166 Å². The zero-order chi connectivity index (χ0) is 20.8. The third kappa shape index (κ3) is 4.97. The van der Waals surface area contributed by atoms with Gasteiger partial charge in [-0.1, -0.05) is 0 Å². The number of aromatic nitrogens is 1. The fourth-order valence-corrected chi connectivity index (χ4v) is 2.62. The van der Waals surface area contributed by atoms with Gasteiger partial charge in [0.05, 0.1) is 17.3 Å². The van der Waals surface area contributed by atoms with Crippen molar-refractivity contribution < 1.29 is 18.6 Å². The van der Waals surface area contributed by atoms with Gasteiger partial charge in [0.15, 0.2) is 17.5 Å². The Morgan fingerprint density at radius 2 is 1.79 bits per heavy atom. The number of pyridine rings is 1. The van der Waals surface area contributed by atoms with E-state index in [0.717, 1.165) is 0 Å². The van der Waals surface area contributed by atoms with Crippen molar-refractivity contribution in [2.24, 2.45) is 0 Å². The molecule has 0 radical (unpaired) electrons. The topological polar surface area (TPSA) is 104 Å².